The van der Waals surface area contributed by atoms with Crippen molar-refractivity contribution in [2.75, 3.05) is 24.3 Å². The first kappa shape index (κ1) is 19.1. The van der Waals surface area contributed by atoms with Crippen molar-refractivity contribution in [2.45, 2.75) is 11.6 Å². The van der Waals surface area contributed by atoms with E-state index in [1.165, 1.54) is 27.7 Å². The van der Waals surface area contributed by atoms with E-state index in [9.17, 15) is 9.59 Å². The second-order valence-corrected chi connectivity index (χ2v) is 8.33. The summed E-state index contributed by atoms with van der Waals surface area (Å²) < 4.78 is 13.3. The van der Waals surface area contributed by atoms with Gasteiger partial charge in [-0.25, -0.2) is 4.98 Å². The largest absolute Gasteiger partial charge is 0.490 e. The van der Waals surface area contributed by atoms with Crippen molar-refractivity contribution in [2.24, 2.45) is 7.05 Å². The second kappa shape index (κ2) is 8.02. The predicted octanol–water partition coefficient (Wildman–Crippen LogP) is 3.54. The number of thioether (sulfide) groups is 1. The lowest BCUT2D eigenvalue weighted by Crippen LogP contribution is -2.20. The van der Waals surface area contributed by atoms with Crippen molar-refractivity contribution in [3.05, 3.63) is 39.0 Å². The van der Waals surface area contributed by atoms with Gasteiger partial charge in [-0.15, -0.1) is 11.3 Å². The van der Waals surface area contributed by atoms with E-state index < -0.39 is 0 Å². The maximum absolute atomic E-state index is 12.4. The van der Waals surface area contributed by atoms with E-state index in [-0.39, 0.29) is 17.2 Å². The van der Waals surface area contributed by atoms with Gasteiger partial charge >= 0.3 is 0 Å². The smallest absolute Gasteiger partial charge is 0.271 e. The lowest BCUT2D eigenvalue weighted by atomic mass is 10.2. The molecule has 1 aromatic carbocycles. The molecule has 0 unspecified atom stereocenters. The number of ether oxygens (including phenoxy) is 2. The predicted molar refractivity (Wildman–Crippen MR) is 111 cm³/mol. The Balaban J connectivity index is 1.47. The van der Waals surface area contributed by atoms with Gasteiger partial charge in [0.1, 0.15) is 4.70 Å². The van der Waals surface area contributed by atoms with Crippen LogP contribution in [0.2, 0.25) is 5.02 Å². The second-order valence-electron chi connectivity index (χ2n) is 6.06. The van der Waals surface area contributed by atoms with E-state index >= 15 is 0 Å². The molecule has 0 aliphatic carbocycles. The molecular weight excluding hydrogens is 422 g/mol. The summed E-state index contributed by atoms with van der Waals surface area (Å²) in [6.07, 6.45) is 0.783. The van der Waals surface area contributed by atoms with Gasteiger partial charge in [-0.3, -0.25) is 14.2 Å². The molecular formula is C18H16ClN3O4S2. The van der Waals surface area contributed by atoms with Crippen molar-refractivity contribution in [1.29, 1.82) is 0 Å². The molecule has 3 aromatic rings. The Morgan fingerprint density at radius 3 is 2.89 bits per heavy atom. The third-order valence-electron chi connectivity index (χ3n) is 4.09. The number of carbonyl (C=O) groups is 1. The summed E-state index contributed by atoms with van der Waals surface area (Å²) in [4.78, 5) is 29.2. The molecule has 1 N–H and O–H groups in total. The highest BCUT2D eigenvalue weighted by Gasteiger charge is 2.17. The number of nitrogens with one attached hydrogen (secondary N) is 1. The molecule has 7 nitrogen and oxygen atoms in total. The fraction of sp³-hybridized carbons (Fsp3) is 0.278. The lowest BCUT2D eigenvalue weighted by molar-refractivity contribution is -0.113. The summed E-state index contributed by atoms with van der Waals surface area (Å²) in [6.45, 7) is 1.11. The minimum Gasteiger partial charge on any atom is -0.490 e. The summed E-state index contributed by atoms with van der Waals surface area (Å²) in [5.41, 5.74) is 0.974. The summed E-state index contributed by atoms with van der Waals surface area (Å²) in [5, 5.41) is 5.45. The summed E-state index contributed by atoms with van der Waals surface area (Å²) in [5.74, 6) is 0.941. The third kappa shape index (κ3) is 3.82. The average Bonchev–Trinajstić information content (AvgIpc) is 3.03. The Kier molecular flexibility index (Phi) is 5.47. The highest BCUT2D eigenvalue weighted by Crippen LogP contribution is 2.37. The molecule has 0 radical (unpaired) electrons. The van der Waals surface area contributed by atoms with E-state index in [0.29, 0.717) is 50.8 Å². The lowest BCUT2D eigenvalue weighted by Gasteiger charge is -2.12. The number of aromatic nitrogens is 2. The van der Waals surface area contributed by atoms with Gasteiger partial charge in [0.25, 0.3) is 5.56 Å². The summed E-state index contributed by atoms with van der Waals surface area (Å²) in [7, 11) is 1.65. The fourth-order valence-electron chi connectivity index (χ4n) is 2.69. The van der Waals surface area contributed by atoms with E-state index in [4.69, 9.17) is 21.1 Å². The van der Waals surface area contributed by atoms with Gasteiger partial charge in [0, 0.05) is 25.6 Å². The number of hydrogen-bond donors (Lipinski definition) is 1. The molecule has 0 saturated heterocycles. The Morgan fingerprint density at radius 1 is 1.36 bits per heavy atom. The van der Waals surface area contributed by atoms with Crippen molar-refractivity contribution in [3.8, 4) is 11.5 Å². The maximum atomic E-state index is 12.4. The number of anilines is 1. The highest BCUT2D eigenvalue weighted by atomic mass is 35.5. The first-order valence-corrected chi connectivity index (χ1v) is 10.7. The zero-order chi connectivity index (χ0) is 19.7. The first-order valence-electron chi connectivity index (χ1n) is 8.49. The molecule has 1 aliphatic rings. The molecule has 10 heteroatoms. The molecule has 0 fully saturated rings. The monoisotopic (exact) mass is 437 g/mol. The van der Waals surface area contributed by atoms with Crippen LogP contribution in [0.4, 0.5) is 5.69 Å². The Bertz CT molecular complexity index is 1110. The Morgan fingerprint density at radius 2 is 2.11 bits per heavy atom. The van der Waals surface area contributed by atoms with Crippen LogP contribution in [0.15, 0.2) is 33.5 Å². The number of hydrogen-bond acceptors (Lipinski definition) is 7. The number of thiophene rings is 1. The molecule has 28 heavy (non-hydrogen) atoms. The molecule has 0 spiro atoms. The number of nitrogens with zero attached hydrogens (tertiary/aromatic N) is 2. The van der Waals surface area contributed by atoms with Crippen molar-refractivity contribution in [1.82, 2.24) is 9.55 Å². The van der Waals surface area contributed by atoms with Gasteiger partial charge in [-0.1, -0.05) is 23.4 Å². The van der Waals surface area contributed by atoms with Crippen LogP contribution in [-0.2, 0) is 11.8 Å². The van der Waals surface area contributed by atoms with Crippen LogP contribution < -0.4 is 20.3 Å². The standard InChI is InChI=1S/C18H16ClN3O4S2/c1-22-17(24)16-11(3-6-27-16)21-18(22)28-9-15(23)20-12-8-14-13(7-10(12)19)25-4-2-5-26-14/h3,6-8H,2,4-5,9H2,1H3,(H,20,23). The molecule has 2 aromatic heterocycles. The van der Waals surface area contributed by atoms with Crippen LogP contribution in [0.25, 0.3) is 10.2 Å². The van der Waals surface area contributed by atoms with Crippen molar-refractivity contribution >= 4 is 56.5 Å². The fourth-order valence-corrected chi connectivity index (χ4v) is 4.47. The molecule has 146 valence electrons. The van der Waals surface area contributed by atoms with E-state index in [1.54, 1.807) is 25.2 Å². The number of fused-ring (bicyclic) bond motifs is 2. The van der Waals surface area contributed by atoms with Crippen LogP contribution >= 0.6 is 34.7 Å². The SMILES string of the molecule is Cn1c(SCC(=O)Nc2cc3c(cc2Cl)OCCCO3)nc2ccsc2c1=O. The van der Waals surface area contributed by atoms with Gasteiger partial charge in [0.15, 0.2) is 16.7 Å². The number of carbonyl (C=O) groups excluding carboxylic acids is 1. The summed E-state index contributed by atoms with van der Waals surface area (Å²) >= 11 is 8.81. The Hall–Kier alpha value is -2.23. The molecule has 0 saturated carbocycles. The number of benzene rings is 1. The normalized spacial score (nSPS) is 13.4. The number of amides is 1. The number of halogens is 1. The molecule has 4 rings (SSSR count). The maximum Gasteiger partial charge on any atom is 0.271 e. The quantitative estimate of drug-likeness (QED) is 0.496. The van der Waals surface area contributed by atoms with Crippen LogP contribution in [0, 0.1) is 0 Å². The molecule has 0 bridgehead atoms. The minimum atomic E-state index is -0.263. The Labute approximate surface area is 173 Å². The molecule has 1 amide bonds. The highest BCUT2D eigenvalue weighted by molar-refractivity contribution is 7.99. The van der Waals surface area contributed by atoms with Gasteiger partial charge in [0.2, 0.25) is 5.91 Å². The van der Waals surface area contributed by atoms with Crippen LogP contribution in [0.5, 0.6) is 11.5 Å². The van der Waals surface area contributed by atoms with E-state index in [2.05, 4.69) is 10.3 Å². The van der Waals surface area contributed by atoms with Gasteiger partial charge < -0.3 is 14.8 Å². The number of rotatable bonds is 4. The van der Waals surface area contributed by atoms with Gasteiger partial charge in [-0.05, 0) is 11.4 Å². The van der Waals surface area contributed by atoms with E-state index in [0.717, 1.165) is 6.42 Å². The minimum absolute atomic E-state index is 0.0840. The molecule has 0 atom stereocenters. The average molecular weight is 438 g/mol. The van der Waals surface area contributed by atoms with Crippen LogP contribution in [0.3, 0.4) is 0 Å². The van der Waals surface area contributed by atoms with Gasteiger partial charge in [0.05, 0.1) is 35.2 Å². The van der Waals surface area contributed by atoms with Crippen molar-refractivity contribution in [3.63, 3.8) is 0 Å². The molecule has 3 heterocycles. The zero-order valence-electron chi connectivity index (χ0n) is 14.9. The topological polar surface area (TPSA) is 82.5 Å². The zero-order valence-corrected chi connectivity index (χ0v) is 17.2. The van der Waals surface area contributed by atoms with Crippen LogP contribution in [0.1, 0.15) is 6.42 Å². The van der Waals surface area contributed by atoms with E-state index in [1.807, 2.05) is 5.38 Å². The van der Waals surface area contributed by atoms with Gasteiger partial charge in [-0.2, -0.15) is 0 Å². The summed E-state index contributed by atoms with van der Waals surface area (Å²) in [6, 6.07) is 5.10. The first-order chi connectivity index (χ1) is 13.5. The third-order valence-corrected chi connectivity index (χ3v) is 6.32. The van der Waals surface area contributed by atoms with Crippen molar-refractivity contribution < 1.29 is 14.3 Å². The van der Waals surface area contributed by atoms with Crippen LogP contribution in [-0.4, -0.2) is 34.4 Å². The molecule has 1 aliphatic heterocycles.